The minimum absolute atomic E-state index is 0.197. The van der Waals surface area contributed by atoms with Gasteiger partial charge in [0.2, 0.25) is 0 Å². The molecule has 0 heterocycles. The highest BCUT2D eigenvalue weighted by Crippen LogP contribution is 2.33. The van der Waals surface area contributed by atoms with Gasteiger partial charge in [-0.15, -0.1) is 11.8 Å². The third-order valence-corrected chi connectivity index (χ3v) is 3.20. The molecule has 0 amide bonds. The van der Waals surface area contributed by atoms with Crippen LogP contribution in [-0.2, 0) is 9.53 Å². The number of ether oxygens (including phenoxy) is 1. The zero-order valence-electron chi connectivity index (χ0n) is 9.82. The molecule has 0 unspecified atom stereocenters. The van der Waals surface area contributed by atoms with Crippen molar-refractivity contribution >= 4 is 23.4 Å². The van der Waals surface area contributed by atoms with E-state index in [0.717, 1.165) is 10.6 Å². The predicted octanol–water partition coefficient (Wildman–Crippen LogP) is 2.70. The van der Waals surface area contributed by atoms with E-state index in [1.165, 1.54) is 11.8 Å². The maximum absolute atomic E-state index is 11.7. The smallest absolute Gasteiger partial charge is 0.321 e. The molecule has 88 valence electrons. The molecule has 3 nitrogen and oxygen atoms in total. The topological polar surface area (TPSA) is 52.3 Å². The van der Waals surface area contributed by atoms with E-state index in [0.29, 0.717) is 6.61 Å². The molecule has 0 saturated heterocycles. The quantitative estimate of drug-likeness (QED) is 0.498. The summed E-state index contributed by atoms with van der Waals surface area (Å²) in [5.41, 5.74) is 6.32. The number of hydrogen-bond acceptors (Lipinski definition) is 4. The second kappa shape index (κ2) is 5.25. The van der Waals surface area contributed by atoms with Crippen molar-refractivity contribution in [1.82, 2.24) is 0 Å². The molecule has 16 heavy (non-hydrogen) atoms. The van der Waals surface area contributed by atoms with Crippen LogP contribution < -0.4 is 5.73 Å². The Morgan fingerprint density at radius 3 is 2.44 bits per heavy atom. The van der Waals surface area contributed by atoms with E-state index >= 15 is 0 Å². The van der Waals surface area contributed by atoms with Crippen molar-refractivity contribution in [3.63, 3.8) is 0 Å². The van der Waals surface area contributed by atoms with E-state index < -0.39 is 4.75 Å². The second-order valence-corrected chi connectivity index (χ2v) is 5.60. The Balaban J connectivity index is 2.72. The molecule has 0 aromatic heterocycles. The minimum atomic E-state index is -0.577. The Morgan fingerprint density at radius 1 is 1.38 bits per heavy atom. The summed E-state index contributed by atoms with van der Waals surface area (Å²) >= 11 is 1.47. The first-order valence-electron chi connectivity index (χ1n) is 5.17. The summed E-state index contributed by atoms with van der Waals surface area (Å²) in [4.78, 5) is 12.7. The predicted molar refractivity (Wildman–Crippen MR) is 67.4 cm³/mol. The van der Waals surface area contributed by atoms with E-state index in [4.69, 9.17) is 10.5 Å². The fourth-order valence-corrected chi connectivity index (χ4v) is 2.18. The molecular weight excluding hydrogens is 222 g/mol. The van der Waals surface area contributed by atoms with Gasteiger partial charge in [-0.05, 0) is 45.0 Å². The number of thioether (sulfide) groups is 1. The number of rotatable bonds is 4. The lowest BCUT2D eigenvalue weighted by Crippen LogP contribution is -2.29. The number of anilines is 1. The Hall–Kier alpha value is -1.16. The minimum Gasteiger partial charge on any atom is -0.465 e. The zero-order chi connectivity index (χ0) is 12.2. The van der Waals surface area contributed by atoms with Gasteiger partial charge in [0.1, 0.15) is 4.75 Å². The normalized spacial score (nSPS) is 11.2. The van der Waals surface area contributed by atoms with Gasteiger partial charge in [-0.25, -0.2) is 0 Å². The zero-order valence-corrected chi connectivity index (χ0v) is 10.6. The van der Waals surface area contributed by atoms with Crippen LogP contribution in [0.5, 0.6) is 0 Å². The van der Waals surface area contributed by atoms with Crippen LogP contribution in [-0.4, -0.2) is 17.3 Å². The van der Waals surface area contributed by atoms with E-state index in [9.17, 15) is 4.79 Å². The molecular formula is C12H17NO2S. The van der Waals surface area contributed by atoms with Crippen LogP contribution in [0.1, 0.15) is 20.8 Å². The third kappa shape index (κ3) is 3.45. The molecule has 0 radical (unpaired) electrons. The standard InChI is InChI=1S/C12H17NO2S/c1-4-15-11(14)12(2,3)16-10-7-5-9(13)6-8-10/h5-8H,4,13H2,1-3H3. The summed E-state index contributed by atoms with van der Waals surface area (Å²) in [6.07, 6.45) is 0. The first-order valence-corrected chi connectivity index (χ1v) is 5.99. The Bertz CT molecular complexity index is 360. The maximum atomic E-state index is 11.7. The molecule has 0 bridgehead atoms. The summed E-state index contributed by atoms with van der Waals surface area (Å²) in [5.74, 6) is -0.197. The molecule has 0 spiro atoms. The van der Waals surface area contributed by atoms with E-state index in [1.807, 2.05) is 45.0 Å². The van der Waals surface area contributed by atoms with Crippen molar-refractivity contribution in [3.8, 4) is 0 Å². The molecule has 0 atom stereocenters. The van der Waals surface area contributed by atoms with Crippen molar-refractivity contribution in [2.45, 2.75) is 30.4 Å². The number of nitrogens with two attached hydrogens (primary N) is 1. The lowest BCUT2D eigenvalue weighted by molar-refractivity contribution is -0.145. The van der Waals surface area contributed by atoms with Crippen LogP contribution in [0.25, 0.3) is 0 Å². The Kier molecular flexibility index (Phi) is 4.24. The highest BCUT2D eigenvalue weighted by atomic mass is 32.2. The SMILES string of the molecule is CCOC(=O)C(C)(C)Sc1ccc(N)cc1. The third-order valence-electron chi connectivity index (χ3n) is 2.02. The van der Waals surface area contributed by atoms with Crippen molar-refractivity contribution < 1.29 is 9.53 Å². The molecule has 0 saturated carbocycles. The molecule has 2 N–H and O–H groups in total. The van der Waals surface area contributed by atoms with Gasteiger partial charge in [0.25, 0.3) is 0 Å². The second-order valence-electron chi connectivity index (χ2n) is 3.90. The van der Waals surface area contributed by atoms with Crippen LogP contribution in [0.3, 0.4) is 0 Å². The molecule has 0 aliphatic rings. The van der Waals surface area contributed by atoms with Gasteiger partial charge in [0.05, 0.1) is 6.61 Å². The van der Waals surface area contributed by atoms with Gasteiger partial charge >= 0.3 is 5.97 Å². The summed E-state index contributed by atoms with van der Waals surface area (Å²) in [6, 6.07) is 7.45. The van der Waals surface area contributed by atoms with E-state index in [-0.39, 0.29) is 5.97 Å². The molecule has 0 aliphatic carbocycles. The molecule has 0 aliphatic heterocycles. The molecule has 4 heteroatoms. The number of carbonyl (C=O) groups excluding carboxylic acids is 1. The van der Waals surface area contributed by atoms with Crippen molar-refractivity contribution in [2.75, 3.05) is 12.3 Å². The summed E-state index contributed by atoms with van der Waals surface area (Å²) < 4.78 is 4.44. The highest BCUT2D eigenvalue weighted by molar-refractivity contribution is 8.01. The van der Waals surface area contributed by atoms with Crippen LogP contribution >= 0.6 is 11.8 Å². The fraction of sp³-hybridized carbons (Fsp3) is 0.417. The average molecular weight is 239 g/mol. The van der Waals surface area contributed by atoms with E-state index in [2.05, 4.69) is 0 Å². The molecule has 1 aromatic rings. The first-order chi connectivity index (χ1) is 7.45. The lowest BCUT2D eigenvalue weighted by Gasteiger charge is -2.21. The summed E-state index contributed by atoms with van der Waals surface area (Å²) in [5, 5.41) is 0. The number of carbonyl (C=O) groups is 1. The monoisotopic (exact) mass is 239 g/mol. The van der Waals surface area contributed by atoms with Crippen molar-refractivity contribution in [1.29, 1.82) is 0 Å². The average Bonchev–Trinajstić information content (AvgIpc) is 2.21. The van der Waals surface area contributed by atoms with Gasteiger partial charge < -0.3 is 10.5 Å². The summed E-state index contributed by atoms with van der Waals surface area (Å²) in [6.45, 7) is 5.92. The van der Waals surface area contributed by atoms with Crippen LogP contribution in [0, 0.1) is 0 Å². The van der Waals surface area contributed by atoms with Gasteiger partial charge in [-0.2, -0.15) is 0 Å². The number of hydrogen-bond donors (Lipinski definition) is 1. The van der Waals surface area contributed by atoms with E-state index in [1.54, 1.807) is 0 Å². The number of esters is 1. The first kappa shape index (κ1) is 12.9. The molecule has 1 rings (SSSR count). The fourth-order valence-electron chi connectivity index (χ4n) is 1.18. The Morgan fingerprint density at radius 2 is 1.94 bits per heavy atom. The summed E-state index contributed by atoms with van der Waals surface area (Å²) in [7, 11) is 0. The van der Waals surface area contributed by atoms with Crippen molar-refractivity contribution in [2.24, 2.45) is 0 Å². The largest absolute Gasteiger partial charge is 0.465 e. The van der Waals surface area contributed by atoms with Gasteiger partial charge in [-0.1, -0.05) is 0 Å². The maximum Gasteiger partial charge on any atom is 0.321 e. The van der Waals surface area contributed by atoms with Gasteiger partial charge in [-0.3, -0.25) is 4.79 Å². The number of benzene rings is 1. The van der Waals surface area contributed by atoms with Crippen molar-refractivity contribution in [3.05, 3.63) is 24.3 Å². The molecule has 1 aromatic carbocycles. The Labute approximate surface area is 100 Å². The number of nitrogen functional groups attached to an aromatic ring is 1. The lowest BCUT2D eigenvalue weighted by atomic mass is 10.2. The van der Waals surface area contributed by atoms with Crippen LogP contribution in [0.4, 0.5) is 5.69 Å². The van der Waals surface area contributed by atoms with Gasteiger partial charge in [0, 0.05) is 10.6 Å². The van der Waals surface area contributed by atoms with Gasteiger partial charge in [0.15, 0.2) is 0 Å². The molecule has 0 fully saturated rings. The van der Waals surface area contributed by atoms with Crippen LogP contribution in [0.2, 0.25) is 0 Å². The van der Waals surface area contributed by atoms with Crippen LogP contribution in [0.15, 0.2) is 29.2 Å². The highest BCUT2D eigenvalue weighted by Gasteiger charge is 2.30.